The lowest BCUT2D eigenvalue weighted by molar-refractivity contribution is -0.135. The second-order valence-electron chi connectivity index (χ2n) is 6.16. The Morgan fingerprint density at radius 3 is 2.54 bits per heavy atom. The smallest absolute Gasteiger partial charge is 0.261 e. The zero-order valence-electron chi connectivity index (χ0n) is 15.4. The van der Waals surface area contributed by atoms with Crippen LogP contribution in [0.4, 0.5) is 0 Å². The number of ether oxygens (including phenoxy) is 1. The number of carbonyl (C=O) groups is 2. The second-order valence-corrected chi connectivity index (χ2v) is 7.01. The summed E-state index contributed by atoms with van der Waals surface area (Å²) in [6.45, 7) is 6.16. The molecule has 0 N–H and O–H groups in total. The lowest BCUT2D eigenvalue weighted by Gasteiger charge is -2.30. The average molecular weight is 418 g/mol. The SMILES string of the molecule is CCCN(C(=O)COc1cccc(C(C)=O)c1)C(C)c1ccccc1Br. The molecule has 5 heteroatoms. The number of rotatable bonds is 8. The summed E-state index contributed by atoms with van der Waals surface area (Å²) >= 11 is 3.56. The molecule has 2 rings (SSSR count). The maximum atomic E-state index is 12.8. The summed E-state index contributed by atoms with van der Waals surface area (Å²) in [5.74, 6) is 0.413. The van der Waals surface area contributed by atoms with Gasteiger partial charge in [-0.2, -0.15) is 0 Å². The molecule has 2 aromatic rings. The summed E-state index contributed by atoms with van der Waals surface area (Å²) in [6, 6.07) is 14.8. The number of hydrogen-bond donors (Lipinski definition) is 0. The molecule has 138 valence electrons. The van der Waals surface area contributed by atoms with Crippen LogP contribution in [-0.2, 0) is 4.79 Å². The maximum absolute atomic E-state index is 12.8. The van der Waals surface area contributed by atoms with Crippen LogP contribution in [0.3, 0.4) is 0 Å². The molecule has 1 unspecified atom stereocenters. The van der Waals surface area contributed by atoms with E-state index in [9.17, 15) is 9.59 Å². The maximum Gasteiger partial charge on any atom is 0.261 e. The van der Waals surface area contributed by atoms with Gasteiger partial charge in [0, 0.05) is 16.6 Å². The zero-order chi connectivity index (χ0) is 19.1. The van der Waals surface area contributed by atoms with Gasteiger partial charge in [0.2, 0.25) is 0 Å². The first kappa shape index (κ1) is 20.2. The van der Waals surface area contributed by atoms with Crippen molar-refractivity contribution in [2.75, 3.05) is 13.2 Å². The minimum Gasteiger partial charge on any atom is -0.484 e. The van der Waals surface area contributed by atoms with Crippen molar-refractivity contribution in [3.63, 3.8) is 0 Å². The van der Waals surface area contributed by atoms with Crippen molar-refractivity contribution in [2.24, 2.45) is 0 Å². The van der Waals surface area contributed by atoms with Gasteiger partial charge in [-0.1, -0.05) is 53.2 Å². The highest BCUT2D eigenvalue weighted by Gasteiger charge is 2.22. The molecule has 0 radical (unpaired) electrons. The van der Waals surface area contributed by atoms with E-state index in [1.807, 2.05) is 43.0 Å². The van der Waals surface area contributed by atoms with Crippen molar-refractivity contribution >= 4 is 27.6 Å². The van der Waals surface area contributed by atoms with Crippen molar-refractivity contribution in [1.29, 1.82) is 0 Å². The minimum absolute atomic E-state index is 0.0306. The van der Waals surface area contributed by atoms with Gasteiger partial charge in [-0.15, -0.1) is 0 Å². The monoisotopic (exact) mass is 417 g/mol. The van der Waals surface area contributed by atoms with Crippen LogP contribution in [-0.4, -0.2) is 29.7 Å². The normalized spacial score (nSPS) is 11.7. The van der Waals surface area contributed by atoms with E-state index in [4.69, 9.17) is 4.74 Å². The summed E-state index contributed by atoms with van der Waals surface area (Å²) in [5.41, 5.74) is 1.63. The van der Waals surface area contributed by atoms with E-state index in [2.05, 4.69) is 15.9 Å². The fourth-order valence-corrected chi connectivity index (χ4v) is 3.41. The van der Waals surface area contributed by atoms with Crippen LogP contribution in [0.25, 0.3) is 0 Å². The molecular formula is C21H24BrNO3. The van der Waals surface area contributed by atoms with Gasteiger partial charge in [0.25, 0.3) is 5.91 Å². The van der Waals surface area contributed by atoms with Gasteiger partial charge >= 0.3 is 0 Å². The van der Waals surface area contributed by atoms with Gasteiger partial charge < -0.3 is 9.64 Å². The fourth-order valence-electron chi connectivity index (χ4n) is 2.79. The molecule has 0 spiro atoms. The van der Waals surface area contributed by atoms with Crippen molar-refractivity contribution in [3.05, 3.63) is 64.1 Å². The van der Waals surface area contributed by atoms with Crippen LogP contribution in [0.15, 0.2) is 53.0 Å². The molecule has 0 fully saturated rings. The van der Waals surface area contributed by atoms with Crippen LogP contribution in [0.2, 0.25) is 0 Å². The molecular weight excluding hydrogens is 394 g/mol. The number of benzene rings is 2. The van der Waals surface area contributed by atoms with Gasteiger partial charge in [-0.3, -0.25) is 9.59 Å². The zero-order valence-corrected chi connectivity index (χ0v) is 17.0. The Kier molecular flexibility index (Phi) is 7.39. The first-order valence-electron chi connectivity index (χ1n) is 8.71. The summed E-state index contributed by atoms with van der Waals surface area (Å²) < 4.78 is 6.63. The molecule has 1 amide bonds. The first-order chi connectivity index (χ1) is 12.4. The number of carbonyl (C=O) groups excluding carboxylic acids is 2. The number of hydrogen-bond acceptors (Lipinski definition) is 3. The summed E-state index contributed by atoms with van der Waals surface area (Å²) in [6.07, 6.45) is 0.861. The van der Waals surface area contributed by atoms with E-state index < -0.39 is 0 Å². The van der Waals surface area contributed by atoms with Crippen LogP contribution in [0, 0.1) is 0 Å². The fraction of sp³-hybridized carbons (Fsp3) is 0.333. The van der Waals surface area contributed by atoms with Gasteiger partial charge in [-0.25, -0.2) is 0 Å². The van der Waals surface area contributed by atoms with Crippen LogP contribution in [0.1, 0.15) is 49.2 Å². The summed E-state index contributed by atoms with van der Waals surface area (Å²) in [7, 11) is 0. The molecule has 0 heterocycles. The highest BCUT2D eigenvalue weighted by molar-refractivity contribution is 9.10. The number of nitrogens with zero attached hydrogens (tertiary/aromatic N) is 1. The molecule has 0 saturated heterocycles. The third-order valence-electron chi connectivity index (χ3n) is 4.21. The van der Waals surface area contributed by atoms with Gasteiger partial charge in [0.1, 0.15) is 5.75 Å². The van der Waals surface area contributed by atoms with Crippen LogP contribution >= 0.6 is 15.9 Å². The second kappa shape index (κ2) is 9.53. The Morgan fingerprint density at radius 1 is 1.15 bits per heavy atom. The summed E-state index contributed by atoms with van der Waals surface area (Å²) in [4.78, 5) is 26.1. The number of amides is 1. The quantitative estimate of drug-likeness (QED) is 0.565. The van der Waals surface area contributed by atoms with E-state index in [0.717, 1.165) is 16.5 Å². The Labute approximate surface area is 163 Å². The van der Waals surface area contributed by atoms with E-state index in [1.165, 1.54) is 6.92 Å². The Hall–Kier alpha value is -2.14. The summed E-state index contributed by atoms with van der Waals surface area (Å²) in [5, 5.41) is 0. The number of ketones is 1. The standard InChI is InChI=1S/C21H24BrNO3/c1-4-12-23(15(2)19-10-5-6-11-20(19)22)21(25)14-26-18-9-7-8-17(13-18)16(3)24/h5-11,13,15H,4,12,14H2,1-3H3. The van der Waals surface area contributed by atoms with Crippen LogP contribution in [0.5, 0.6) is 5.75 Å². The third kappa shape index (κ3) is 5.18. The number of Topliss-reactive ketones (excluding diaryl/α,β-unsaturated/α-hetero) is 1. The molecule has 0 bridgehead atoms. The third-order valence-corrected chi connectivity index (χ3v) is 4.93. The van der Waals surface area contributed by atoms with E-state index in [-0.39, 0.29) is 24.3 Å². The number of halogens is 1. The lowest BCUT2D eigenvalue weighted by Crippen LogP contribution is -2.37. The van der Waals surface area contributed by atoms with Gasteiger partial charge in [0.15, 0.2) is 12.4 Å². The average Bonchev–Trinajstić information content (AvgIpc) is 2.64. The van der Waals surface area contributed by atoms with Gasteiger partial charge in [0.05, 0.1) is 6.04 Å². The van der Waals surface area contributed by atoms with Gasteiger partial charge in [-0.05, 0) is 44.0 Å². The molecule has 0 aromatic heterocycles. The first-order valence-corrected chi connectivity index (χ1v) is 9.51. The predicted molar refractivity (Wildman–Crippen MR) is 107 cm³/mol. The topological polar surface area (TPSA) is 46.6 Å². The van der Waals surface area contributed by atoms with E-state index >= 15 is 0 Å². The minimum atomic E-state index is -0.0802. The van der Waals surface area contributed by atoms with Crippen molar-refractivity contribution in [3.8, 4) is 5.75 Å². The molecule has 0 aliphatic heterocycles. The Bertz CT molecular complexity index is 775. The molecule has 4 nitrogen and oxygen atoms in total. The molecule has 0 saturated carbocycles. The Morgan fingerprint density at radius 2 is 1.88 bits per heavy atom. The van der Waals surface area contributed by atoms with Crippen LogP contribution < -0.4 is 4.74 Å². The van der Waals surface area contributed by atoms with E-state index in [0.29, 0.717) is 17.9 Å². The van der Waals surface area contributed by atoms with Crippen molar-refractivity contribution in [2.45, 2.75) is 33.2 Å². The molecule has 1 atom stereocenters. The van der Waals surface area contributed by atoms with E-state index in [1.54, 1.807) is 24.3 Å². The molecule has 2 aromatic carbocycles. The van der Waals surface area contributed by atoms with Crippen molar-refractivity contribution in [1.82, 2.24) is 4.90 Å². The molecule has 0 aliphatic rings. The predicted octanol–water partition coefficient (Wildman–Crippen LogP) is 5.03. The largest absolute Gasteiger partial charge is 0.484 e. The Balaban J connectivity index is 2.10. The lowest BCUT2D eigenvalue weighted by atomic mass is 10.1. The molecule has 0 aliphatic carbocycles. The molecule has 26 heavy (non-hydrogen) atoms. The van der Waals surface area contributed by atoms with Crippen molar-refractivity contribution < 1.29 is 14.3 Å². The highest BCUT2D eigenvalue weighted by atomic mass is 79.9. The highest BCUT2D eigenvalue weighted by Crippen LogP contribution is 2.28.